The molecule has 19 heavy (non-hydrogen) atoms. The number of benzene rings is 1. The standard InChI is InChI=1S/C9H11NO2.C5H10O2/c1-7-5-3-4-6-8(7)10(2)9(11)12;1-2-3-4-5(6)7/h3-6H,1-2H3,(H,11,12);2-4H2,1H3,(H,6,7). The van der Waals surface area contributed by atoms with E-state index in [2.05, 4.69) is 0 Å². The molecule has 0 bridgehead atoms. The summed E-state index contributed by atoms with van der Waals surface area (Å²) >= 11 is 0. The van der Waals surface area contributed by atoms with Crippen molar-refractivity contribution in [3.63, 3.8) is 0 Å². The number of carboxylic acids is 1. The number of hydrogen-bond acceptors (Lipinski definition) is 2. The zero-order valence-electron chi connectivity index (χ0n) is 11.6. The van der Waals surface area contributed by atoms with Crippen LogP contribution in [0, 0.1) is 6.92 Å². The number of anilines is 1. The Hall–Kier alpha value is -2.04. The number of carbonyl (C=O) groups is 2. The molecule has 0 saturated carbocycles. The highest BCUT2D eigenvalue weighted by atomic mass is 16.4. The lowest BCUT2D eigenvalue weighted by molar-refractivity contribution is -0.137. The van der Waals surface area contributed by atoms with Gasteiger partial charge in [0.2, 0.25) is 0 Å². The lowest BCUT2D eigenvalue weighted by Gasteiger charge is -2.14. The molecule has 106 valence electrons. The Morgan fingerprint density at radius 2 is 1.79 bits per heavy atom. The summed E-state index contributed by atoms with van der Waals surface area (Å²) in [6, 6.07) is 7.37. The molecular formula is C14H21NO4. The lowest BCUT2D eigenvalue weighted by atomic mass is 10.2. The fourth-order valence-electron chi connectivity index (χ4n) is 1.37. The van der Waals surface area contributed by atoms with E-state index < -0.39 is 12.1 Å². The molecule has 0 fully saturated rings. The number of hydrogen-bond donors (Lipinski definition) is 2. The highest BCUT2D eigenvalue weighted by Crippen LogP contribution is 2.17. The van der Waals surface area contributed by atoms with Crippen molar-refractivity contribution in [2.24, 2.45) is 0 Å². The molecule has 0 saturated heterocycles. The van der Waals surface area contributed by atoms with Crippen LogP contribution in [0.25, 0.3) is 0 Å². The van der Waals surface area contributed by atoms with Crippen LogP contribution in [0.3, 0.4) is 0 Å². The van der Waals surface area contributed by atoms with E-state index in [1.807, 2.05) is 32.0 Å². The summed E-state index contributed by atoms with van der Waals surface area (Å²) in [7, 11) is 1.53. The number of unbranched alkanes of at least 4 members (excludes halogenated alkanes) is 1. The number of amides is 1. The Balaban J connectivity index is 0.000000399. The Kier molecular flexibility index (Phi) is 8.00. The third kappa shape index (κ3) is 7.08. The maximum atomic E-state index is 10.6. The Morgan fingerprint density at radius 1 is 1.21 bits per heavy atom. The van der Waals surface area contributed by atoms with E-state index in [4.69, 9.17) is 10.2 Å². The van der Waals surface area contributed by atoms with Crippen molar-refractivity contribution in [2.75, 3.05) is 11.9 Å². The van der Waals surface area contributed by atoms with E-state index in [1.54, 1.807) is 6.07 Å². The summed E-state index contributed by atoms with van der Waals surface area (Å²) in [6.45, 7) is 3.86. The van der Waals surface area contributed by atoms with Crippen molar-refractivity contribution in [3.8, 4) is 0 Å². The molecule has 0 aliphatic heterocycles. The topological polar surface area (TPSA) is 77.8 Å². The third-order valence-electron chi connectivity index (χ3n) is 2.51. The van der Waals surface area contributed by atoms with Gasteiger partial charge in [0.25, 0.3) is 0 Å². The maximum Gasteiger partial charge on any atom is 0.411 e. The van der Waals surface area contributed by atoms with Gasteiger partial charge in [-0.05, 0) is 25.0 Å². The van der Waals surface area contributed by atoms with Crippen molar-refractivity contribution in [1.82, 2.24) is 0 Å². The van der Waals surface area contributed by atoms with E-state index in [9.17, 15) is 9.59 Å². The van der Waals surface area contributed by atoms with Gasteiger partial charge in [0.15, 0.2) is 0 Å². The second-order valence-corrected chi connectivity index (χ2v) is 4.13. The van der Waals surface area contributed by atoms with Gasteiger partial charge in [-0.25, -0.2) is 4.79 Å². The van der Waals surface area contributed by atoms with Gasteiger partial charge < -0.3 is 10.2 Å². The minimum atomic E-state index is -0.940. The first-order valence-electron chi connectivity index (χ1n) is 6.14. The average Bonchev–Trinajstić information content (AvgIpc) is 2.36. The maximum absolute atomic E-state index is 10.6. The number of aryl methyl sites for hydroxylation is 1. The smallest absolute Gasteiger partial charge is 0.411 e. The number of carboxylic acid groups (broad SMARTS) is 2. The first-order valence-corrected chi connectivity index (χ1v) is 6.14. The lowest BCUT2D eigenvalue weighted by Crippen LogP contribution is -2.24. The fraction of sp³-hybridized carbons (Fsp3) is 0.429. The zero-order chi connectivity index (χ0) is 14.8. The van der Waals surface area contributed by atoms with E-state index in [0.29, 0.717) is 6.42 Å². The van der Waals surface area contributed by atoms with Crippen LogP contribution in [0.5, 0.6) is 0 Å². The third-order valence-corrected chi connectivity index (χ3v) is 2.51. The van der Waals surface area contributed by atoms with Crippen molar-refractivity contribution < 1.29 is 19.8 Å². The molecule has 0 heterocycles. The van der Waals surface area contributed by atoms with Crippen LogP contribution in [0.15, 0.2) is 24.3 Å². The van der Waals surface area contributed by atoms with E-state index in [1.165, 1.54) is 11.9 Å². The largest absolute Gasteiger partial charge is 0.481 e. The second kappa shape index (κ2) is 8.97. The zero-order valence-corrected chi connectivity index (χ0v) is 11.6. The SMILES string of the molecule is CCCCC(=O)O.Cc1ccccc1N(C)C(=O)O. The Labute approximate surface area is 113 Å². The molecule has 1 amide bonds. The summed E-state index contributed by atoms with van der Waals surface area (Å²) < 4.78 is 0. The summed E-state index contributed by atoms with van der Waals surface area (Å²) in [5.74, 6) is -0.693. The summed E-state index contributed by atoms with van der Waals surface area (Å²) in [5.41, 5.74) is 1.69. The van der Waals surface area contributed by atoms with Crippen LogP contribution >= 0.6 is 0 Å². The minimum absolute atomic E-state index is 0.316. The molecule has 1 rings (SSSR count). The van der Waals surface area contributed by atoms with Gasteiger partial charge in [0.05, 0.1) is 0 Å². The minimum Gasteiger partial charge on any atom is -0.481 e. The van der Waals surface area contributed by atoms with Gasteiger partial charge in [-0.2, -0.15) is 0 Å². The molecule has 0 aromatic heterocycles. The van der Waals surface area contributed by atoms with E-state index >= 15 is 0 Å². The van der Waals surface area contributed by atoms with Crippen LogP contribution in [-0.4, -0.2) is 29.3 Å². The van der Waals surface area contributed by atoms with Gasteiger partial charge in [-0.3, -0.25) is 9.69 Å². The molecule has 0 aliphatic rings. The van der Waals surface area contributed by atoms with Crippen molar-refractivity contribution in [1.29, 1.82) is 0 Å². The van der Waals surface area contributed by atoms with Crippen molar-refractivity contribution in [2.45, 2.75) is 33.1 Å². The van der Waals surface area contributed by atoms with E-state index in [-0.39, 0.29) is 0 Å². The van der Waals surface area contributed by atoms with Crippen molar-refractivity contribution >= 4 is 17.7 Å². The molecule has 1 aromatic rings. The van der Waals surface area contributed by atoms with Crippen molar-refractivity contribution in [3.05, 3.63) is 29.8 Å². The fourth-order valence-corrected chi connectivity index (χ4v) is 1.37. The van der Waals surface area contributed by atoms with Gasteiger partial charge in [-0.15, -0.1) is 0 Å². The number of para-hydroxylation sites is 1. The molecular weight excluding hydrogens is 246 g/mol. The molecule has 0 radical (unpaired) electrons. The number of nitrogens with zero attached hydrogens (tertiary/aromatic N) is 1. The monoisotopic (exact) mass is 267 g/mol. The number of rotatable bonds is 4. The first kappa shape index (κ1) is 17.0. The van der Waals surface area contributed by atoms with Gasteiger partial charge in [0.1, 0.15) is 0 Å². The molecule has 0 aliphatic carbocycles. The highest BCUT2D eigenvalue weighted by Gasteiger charge is 2.09. The first-order chi connectivity index (χ1) is 8.90. The molecule has 0 unspecified atom stereocenters. The molecule has 2 N–H and O–H groups in total. The predicted molar refractivity (Wildman–Crippen MR) is 74.8 cm³/mol. The molecule has 5 nitrogen and oxygen atoms in total. The average molecular weight is 267 g/mol. The molecule has 0 atom stereocenters. The quantitative estimate of drug-likeness (QED) is 0.876. The van der Waals surface area contributed by atoms with Crippen LogP contribution in [0.1, 0.15) is 31.7 Å². The Bertz CT molecular complexity index is 418. The van der Waals surface area contributed by atoms with Gasteiger partial charge in [0, 0.05) is 19.2 Å². The number of aliphatic carboxylic acids is 1. The van der Waals surface area contributed by atoms with E-state index in [0.717, 1.165) is 24.1 Å². The predicted octanol–water partition coefficient (Wildman–Crippen LogP) is 3.37. The molecule has 1 aromatic carbocycles. The van der Waals surface area contributed by atoms with Gasteiger partial charge in [-0.1, -0.05) is 31.5 Å². The molecule has 0 spiro atoms. The second-order valence-electron chi connectivity index (χ2n) is 4.13. The van der Waals surface area contributed by atoms with Crippen LogP contribution in [0.2, 0.25) is 0 Å². The molecule has 5 heteroatoms. The normalized spacial score (nSPS) is 9.21. The summed E-state index contributed by atoms with van der Waals surface area (Å²) in [6.07, 6.45) is 1.14. The summed E-state index contributed by atoms with van der Waals surface area (Å²) in [4.78, 5) is 21.5. The summed E-state index contributed by atoms with van der Waals surface area (Å²) in [5, 5.41) is 16.7. The Morgan fingerprint density at radius 3 is 2.16 bits per heavy atom. The van der Waals surface area contributed by atoms with Crippen LogP contribution in [0.4, 0.5) is 10.5 Å². The van der Waals surface area contributed by atoms with Gasteiger partial charge >= 0.3 is 12.1 Å². The highest BCUT2D eigenvalue weighted by molar-refractivity contribution is 5.86. The van der Waals surface area contributed by atoms with Crippen LogP contribution in [-0.2, 0) is 4.79 Å². The van der Waals surface area contributed by atoms with Crippen LogP contribution < -0.4 is 4.90 Å².